The second kappa shape index (κ2) is 8.12. The SMILES string of the molecule is Cn1c(SCC(=O)Nc2sc3c(c2C#N)CCCC3)nnc1-c1ccccn1. The number of nitrogens with one attached hydrogen (secondary N) is 1. The fourth-order valence-corrected chi connectivity index (χ4v) is 5.19. The van der Waals surface area contributed by atoms with Gasteiger partial charge in [-0.3, -0.25) is 9.78 Å². The third kappa shape index (κ3) is 3.66. The highest BCUT2D eigenvalue weighted by molar-refractivity contribution is 7.99. The van der Waals surface area contributed by atoms with Crippen molar-refractivity contribution in [1.82, 2.24) is 19.7 Å². The van der Waals surface area contributed by atoms with Gasteiger partial charge >= 0.3 is 0 Å². The van der Waals surface area contributed by atoms with E-state index in [0.717, 1.165) is 36.9 Å². The minimum Gasteiger partial charge on any atom is -0.316 e. The van der Waals surface area contributed by atoms with E-state index in [1.807, 2.05) is 29.8 Å². The molecule has 142 valence electrons. The average Bonchev–Trinajstić information content (AvgIpc) is 3.26. The van der Waals surface area contributed by atoms with E-state index in [1.165, 1.54) is 28.0 Å². The molecular formula is C19H18N6OS2. The van der Waals surface area contributed by atoms with E-state index in [9.17, 15) is 10.1 Å². The van der Waals surface area contributed by atoms with Gasteiger partial charge in [-0.05, 0) is 43.4 Å². The maximum atomic E-state index is 12.5. The lowest BCUT2D eigenvalue weighted by Crippen LogP contribution is -2.14. The summed E-state index contributed by atoms with van der Waals surface area (Å²) in [7, 11) is 1.85. The molecule has 0 fully saturated rings. The molecule has 0 saturated heterocycles. The van der Waals surface area contributed by atoms with E-state index < -0.39 is 0 Å². The first-order chi connectivity index (χ1) is 13.7. The van der Waals surface area contributed by atoms with Gasteiger partial charge in [0.25, 0.3) is 0 Å². The van der Waals surface area contributed by atoms with Crippen LogP contribution < -0.4 is 5.32 Å². The zero-order chi connectivity index (χ0) is 19.5. The van der Waals surface area contributed by atoms with Crippen molar-refractivity contribution < 1.29 is 4.79 Å². The minimum absolute atomic E-state index is 0.150. The number of pyridine rings is 1. The van der Waals surface area contributed by atoms with Gasteiger partial charge in [-0.15, -0.1) is 21.5 Å². The summed E-state index contributed by atoms with van der Waals surface area (Å²) in [6.45, 7) is 0. The number of aryl methyl sites for hydroxylation is 1. The van der Waals surface area contributed by atoms with E-state index in [4.69, 9.17) is 0 Å². The topological polar surface area (TPSA) is 96.5 Å². The molecule has 0 radical (unpaired) electrons. The quantitative estimate of drug-likeness (QED) is 0.648. The van der Waals surface area contributed by atoms with Crippen LogP contribution in [0.1, 0.15) is 28.8 Å². The molecule has 28 heavy (non-hydrogen) atoms. The highest BCUT2D eigenvalue weighted by Gasteiger charge is 2.22. The molecule has 0 bridgehead atoms. The third-order valence-corrected chi connectivity index (χ3v) is 6.82. The average molecular weight is 411 g/mol. The van der Waals surface area contributed by atoms with Crippen LogP contribution in [0.25, 0.3) is 11.5 Å². The van der Waals surface area contributed by atoms with Crippen molar-refractivity contribution in [2.24, 2.45) is 7.05 Å². The van der Waals surface area contributed by atoms with Crippen LogP contribution in [0.15, 0.2) is 29.6 Å². The highest BCUT2D eigenvalue weighted by Crippen LogP contribution is 2.37. The molecule has 0 spiro atoms. The lowest BCUT2D eigenvalue weighted by molar-refractivity contribution is -0.113. The number of fused-ring (bicyclic) bond motifs is 1. The molecule has 0 unspecified atom stereocenters. The maximum absolute atomic E-state index is 12.5. The van der Waals surface area contributed by atoms with Crippen molar-refractivity contribution >= 4 is 34.0 Å². The number of anilines is 1. The highest BCUT2D eigenvalue weighted by atomic mass is 32.2. The summed E-state index contributed by atoms with van der Waals surface area (Å²) >= 11 is 2.85. The fourth-order valence-electron chi connectivity index (χ4n) is 3.22. The Hall–Kier alpha value is -2.70. The molecule has 4 rings (SSSR count). The van der Waals surface area contributed by atoms with E-state index in [1.54, 1.807) is 6.20 Å². The second-order valence-corrected chi connectivity index (χ2v) is 8.49. The number of nitrogens with zero attached hydrogens (tertiary/aromatic N) is 5. The molecule has 3 aromatic heterocycles. The zero-order valence-corrected chi connectivity index (χ0v) is 16.9. The summed E-state index contributed by atoms with van der Waals surface area (Å²) in [6.07, 6.45) is 5.87. The normalized spacial score (nSPS) is 13.0. The van der Waals surface area contributed by atoms with Crippen molar-refractivity contribution in [2.45, 2.75) is 30.8 Å². The van der Waals surface area contributed by atoms with Gasteiger partial charge in [0.1, 0.15) is 16.8 Å². The predicted molar refractivity (Wildman–Crippen MR) is 109 cm³/mol. The fraction of sp³-hybridized carbons (Fsp3) is 0.316. The van der Waals surface area contributed by atoms with Crippen molar-refractivity contribution in [2.75, 3.05) is 11.1 Å². The molecule has 0 atom stereocenters. The third-order valence-electron chi connectivity index (χ3n) is 4.60. The Morgan fingerprint density at radius 1 is 1.36 bits per heavy atom. The van der Waals surface area contributed by atoms with Crippen LogP contribution in [0.4, 0.5) is 5.00 Å². The Morgan fingerprint density at radius 3 is 3.00 bits per heavy atom. The Bertz CT molecular complexity index is 1050. The molecule has 9 heteroatoms. The summed E-state index contributed by atoms with van der Waals surface area (Å²) in [5.74, 6) is 0.699. The molecule has 1 N–H and O–H groups in total. The maximum Gasteiger partial charge on any atom is 0.235 e. The number of hydrogen-bond acceptors (Lipinski definition) is 7. The van der Waals surface area contributed by atoms with Crippen molar-refractivity contribution in [3.63, 3.8) is 0 Å². The Kier molecular flexibility index (Phi) is 5.41. The molecule has 3 aromatic rings. The van der Waals surface area contributed by atoms with Gasteiger partial charge in [0, 0.05) is 18.1 Å². The Morgan fingerprint density at radius 2 is 2.21 bits per heavy atom. The monoisotopic (exact) mass is 410 g/mol. The molecule has 0 aromatic carbocycles. The van der Waals surface area contributed by atoms with Gasteiger partial charge in [0.2, 0.25) is 5.91 Å². The van der Waals surface area contributed by atoms with Gasteiger partial charge < -0.3 is 9.88 Å². The molecule has 3 heterocycles. The molecule has 1 aliphatic carbocycles. The van der Waals surface area contributed by atoms with Gasteiger partial charge in [-0.1, -0.05) is 17.8 Å². The first-order valence-electron chi connectivity index (χ1n) is 8.95. The summed E-state index contributed by atoms with van der Waals surface area (Å²) in [5, 5.41) is 22.1. The largest absolute Gasteiger partial charge is 0.316 e. The lowest BCUT2D eigenvalue weighted by Gasteiger charge is -2.09. The number of amides is 1. The first kappa shape index (κ1) is 18.7. The van der Waals surface area contributed by atoms with E-state index in [2.05, 4.69) is 26.6 Å². The van der Waals surface area contributed by atoms with Crippen molar-refractivity contribution in [3.05, 3.63) is 40.4 Å². The van der Waals surface area contributed by atoms with Crippen LogP contribution in [0.2, 0.25) is 0 Å². The van der Waals surface area contributed by atoms with E-state index in [-0.39, 0.29) is 11.7 Å². The number of carbonyl (C=O) groups excluding carboxylic acids is 1. The van der Waals surface area contributed by atoms with Gasteiger partial charge in [-0.25, -0.2) is 0 Å². The van der Waals surface area contributed by atoms with E-state index in [0.29, 0.717) is 21.5 Å². The van der Waals surface area contributed by atoms with Gasteiger partial charge in [0.05, 0.1) is 11.3 Å². The Labute approximate surface area is 170 Å². The summed E-state index contributed by atoms with van der Waals surface area (Å²) in [6, 6.07) is 7.88. The van der Waals surface area contributed by atoms with Crippen LogP contribution in [-0.4, -0.2) is 31.4 Å². The summed E-state index contributed by atoms with van der Waals surface area (Å²) in [4.78, 5) is 18.0. The molecule has 0 saturated carbocycles. The number of hydrogen-bond donors (Lipinski definition) is 1. The first-order valence-corrected chi connectivity index (χ1v) is 10.8. The number of thioether (sulfide) groups is 1. The van der Waals surface area contributed by atoms with Crippen LogP contribution in [-0.2, 0) is 24.7 Å². The summed E-state index contributed by atoms with van der Waals surface area (Å²) < 4.78 is 1.82. The molecular weight excluding hydrogens is 392 g/mol. The van der Waals surface area contributed by atoms with Crippen molar-refractivity contribution in [3.8, 4) is 17.6 Å². The van der Waals surface area contributed by atoms with Crippen molar-refractivity contribution in [1.29, 1.82) is 5.26 Å². The van der Waals surface area contributed by atoms with Crippen LogP contribution in [0, 0.1) is 11.3 Å². The van der Waals surface area contributed by atoms with Crippen LogP contribution >= 0.6 is 23.1 Å². The lowest BCUT2D eigenvalue weighted by atomic mass is 9.96. The smallest absolute Gasteiger partial charge is 0.235 e. The van der Waals surface area contributed by atoms with Gasteiger partial charge in [-0.2, -0.15) is 5.26 Å². The molecule has 7 nitrogen and oxygen atoms in total. The zero-order valence-electron chi connectivity index (χ0n) is 15.3. The number of nitriles is 1. The second-order valence-electron chi connectivity index (χ2n) is 6.44. The Balaban J connectivity index is 1.43. The number of thiophene rings is 1. The predicted octanol–water partition coefficient (Wildman–Crippen LogP) is 3.42. The van der Waals surface area contributed by atoms with E-state index >= 15 is 0 Å². The molecule has 0 aliphatic heterocycles. The van der Waals surface area contributed by atoms with Crippen LogP contribution in [0.5, 0.6) is 0 Å². The number of rotatable bonds is 5. The van der Waals surface area contributed by atoms with Gasteiger partial charge in [0.15, 0.2) is 11.0 Å². The molecule has 1 amide bonds. The summed E-state index contributed by atoms with van der Waals surface area (Å²) in [5.41, 5.74) is 2.49. The number of aromatic nitrogens is 4. The number of carbonyl (C=O) groups is 1. The standard InChI is InChI=1S/C19H18N6OS2/c1-25-17(14-7-4-5-9-21-14)23-24-19(25)27-11-16(26)22-18-13(10-20)12-6-2-3-8-15(12)28-18/h4-5,7,9H,2-3,6,8,11H2,1H3,(H,22,26). The minimum atomic E-state index is -0.150. The van der Waals surface area contributed by atoms with Crippen LogP contribution in [0.3, 0.4) is 0 Å². The molecule has 1 aliphatic rings.